The molecule has 1 fully saturated rings. The first-order valence-corrected chi connectivity index (χ1v) is 6.90. The molecule has 1 saturated heterocycles. The van der Waals surface area contributed by atoms with E-state index in [1.54, 1.807) is 7.11 Å². The van der Waals surface area contributed by atoms with Crippen LogP contribution in [0.5, 0.6) is 0 Å². The number of hydrogen-bond donors (Lipinski definition) is 2. The Morgan fingerprint density at radius 3 is 2.55 bits per heavy atom. The summed E-state index contributed by atoms with van der Waals surface area (Å²) in [7, 11) is 1.67. The average molecular weight is 277 g/mol. The first-order chi connectivity index (χ1) is 9.85. The molecule has 1 heterocycles. The third-order valence-electron chi connectivity index (χ3n) is 3.39. The third-order valence-corrected chi connectivity index (χ3v) is 3.39. The first kappa shape index (κ1) is 14.6. The van der Waals surface area contributed by atoms with E-state index >= 15 is 0 Å². The van der Waals surface area contributed by atoms with Crippen LogP contribution in [-0.2, 0) is 4.74 Å². The van der Waals surface area contributed by atoms with Gasteiger partial charge in [0.15, 0.2) is 0 Å². The Balaban J connectivity index is 1.88. The van der Waals surface area contributed by atoms with Gasteiger partial charge in [0.2, 0.25) is 5.96 Å². The van der Waals surface area contributed by atoms with Crippen LogP contribution < -0.4 is 16.2 Å². The van der Waals surface area contributed by atoms with E-state index in [-0.39, 0.29) is 0 Å². The Bertz CT molecular complexity index is 415. The molecule has 1 aliphatic heterocycles. The molecule has 0 saturated carbocycles. The molecule has 2 rings (SSSR count). The van der Waals surface area contributed by atoms with Crippen LogP contribution in [0.2, 0.25) is 0 Å². The summed E-state index contributed by atoms with van der Waals surface area (Å²) >= 11 is 0. The topological polar surface area (TPSA) is 66.1 Å². The van der Waals surface area contributed by atoms with Crippen molar-refractivity contribution in [1.82, 2.24) is 10.3 Å². The Kier molecular flexibility index (Phi) is 5.64. The predicted octanol–water partition coefficient (Wildman–Crippen LogP) is 0.274. The fourth-order valence-electron chi connectivity index (χ4n) is 2.30. The van der Waals surface area contributed by atoms with Gasteiger partial charge in [0.05, 0.1) is 13.2 Å². The van der Waals surface area contributed by atoms with E-state index in [0.717, 1.165) is 32.1 Å². The molecule has 6 heteroatoms. The molecule has 1 aromatic carbocycles. The van der Waals surface area contributed by atoms with E-state index in [1.807, 2.05) is 6.07 Å². The van der Waals surface area contributed by atoms with Crippen LogP contribution >= 0.6 is 0 Å². The predicted molar refractivity (Wildman–Crippen MR) is 81.7 cm³/mol. The molecule has 20 heavy (non-hydrogen) atoms. The molecule has 6 nitrogen and oxygen atoms in total. The number of rotatable bonds is 4. The summed E-state index contributed by atoms with van der Waals surface area (Å²) in [5, 5.41) is 0. The lowest BCUT2D eigenvalue weighted by atomic mass is 10.2. The lowest BCUT2D eigenvalue weighted by Gasteiger charge is -2.37. The molecule has 0 amide bonds. The van der Waals surface area contributed by atoms with E-state index in [4.69, 9.17) is 10.6 Å². The molecule has 0 unspecified atom stereocenters. The number of piperazine rings is 1. The largest absolute Gasteiger partial charge is 0.383 e. The Morgan fingerprint density at radius 2 is 1.95 bits per heavy atom. The number of benzene rings is 1. The highest BCUT2D eigenvalue weighted by molar-refractivity contribution is 5.79. The summed E-state index contributed by atoms with van der Waals surface area (Å²) in [6.07, 6.45) is 0. The molecule has 0 spiro atoms. The van der Waals surface area contributed by atoms with Crippen molar-refractivity contribution >= 4 is 11.6 Å². The quantitative estimate of drug-likeness (QED) is 0.272. The lowest BCUT2D eigenvalue weighted by molar-refractivity contribution is 0.207. The molecule has 0 aliphatic carbocycles. The van der Waals surface area contributed by atoms with Gasteiger partial charge in [0.25, 0.3) is 0 Å². The van der Waals surface area contributed by atoms with E-state index in [9.17, 15) is 0 Å². The highest BCUT2D eigenvalue weighted by atomic mass is 16.5. The number of aliphatic imine (C=N–C) groups is 1. The van der Waals surface area contributed by atoms with Gasteiger partial charge >= 0.3 is 0 Å². The van der Waals surface area contributed by atoms with Gasteiger partial charge in [-0.05, 0) is 12.1 Å². The summed E-state index contributed by atoms with van der Waals surface area (Å²) in [5.74, 6) is 6.30. The Hall–Kier alpha value is -1.79. The Labute approximate surface area is 120 Å². The summed E-state index contributed by atoms with van der Waals surface area (Å²) in [6.45, 7) is 4.98. The highest BCUT2D eigenvalue weighted by Gasteiger charge is 2.19. The molecule has 1 aliphatic rings. The SMILES string of the molecule is COCCN=C(NN)N1CCN(c2ccccc2)CC1. The van der Waals surface area contributed by atoms with Crippen molar-refractivity contribution in [3.8, 4) is 0 Å². The number of hydrogen-bond acceptors (Lipinski definition) is 4. The molecule has 110 valence electrons. The van der Waals surface area contributed by atoms with Crippen LogP contribution in [0.15, 0.2) is 35.3 Å². The molecular formula is C14H23N5O. The molecule has 3 N–H and O–H groups in total. The van der Waals surface area contributed by atoms with Gasteiger partial charge in [-0.2, -0.15) is 0 Å². The van der Waals surface area contributed by atoms with E-state index in [2.05, 4.69) is 44.5 Å². The normalized spacial score (nSPS) is 16.4. The molecule has 0 aromatic heterocycles. The second kappa shape index (κ2) is 7.72. The number of nitrogens with one attached hydrogen (secondary N) is 1. The van der Waals surface area contributed by atoms with Gasteiger partial charge in [-0.15, -0.1) is 0 Å². The van der Waals surface area contributed by atoms with Crippen molar-refractivity contribution in [2.45, 2.75) is 0 Å². The van der Waals surface area contributed by atoms with Gasteiger partial charge in [0.1, 0.15) is 0 Å². The number of ether oxygens (including phenoxy) is 1. The number of nitrogens with zero attached hydrogens (tertiary/aromatic N) is 3. The molecular weight excluding hydrogens is 254 g/mol. The van der Waals surface area contributed by atoms with Crippen molar-refractivity contribution in [1.29, 1.82) is 0 Å². The van der Waals surface area contributed by atoms with Gasteiger partial charge in [-0.3, -0.25) is 5.43 Å². The minimum atomic E-state index is 0.606. The Morgan fingerprint density at radius 1 is 1.25 bits per heavy atom. The number of anilines is 1. The van der Waals surface area contributed by atoms with E-state index in [1.165, 1.54) is 5.69 Å². The maximum atomic E-state index is 5.55. The summed E-state index contributed by atoms with van der Waals surface area (Å²) in [6, 6.07) is 10.5. The third kappa shape index (κ3) is 3.85. The first-order valence-electron chi connectivity index (χ1n) is 6.90. The standard InChI is InChI=1S/C14H23N5O/c1-20-12-7-16-14(17-15)19-10-8-18(9-11-19)13-5-3-2-4-6-13/h2-6H,7-12,15H2,1H3,(H,16,17). The maximum absolute atomic E-state index is 5.55. The lowest BCUT2D eigenvalue weighted by Crippen LogP contribution is -2.54. The zero-order chi connectivity index (χ0) is 14.2. The van der Waals surface area contributed by atoms with Gasteiger partial charge < -0.3 is 14.5 Å². The van der Waals surface area contributed by atoms with Crippen LogP contribution in [0.3, 0.4) is 0 Å². The van der Waals surface area contributed by atoms with E-state index < -0.39 is 0 Å². The van der Waals surface area contributed by atoms with Crippen LogP contribution in [0.4, 0.5) is 5.69 Å². The molecule has 1 aromatic rings. The fraction of sp³-hybridized carbons (Fsp3) is 0.500. The number of guanidine groups is 1. The van der Waals surface area contributed by atoms with E-state index in [0.29, 0.717) is 13.2 Å². The number of para-hydroxylation sites is 1. The monoisotopic (exact) mass is 277 g/mol. The second-order valence-electron chi connectivity index (χ2n) is 4.65. The molecule has 0 atom stereocenters. The average Bonchev–Trinajstić information content (AvgIpc) is 2.53. The zero-order valence-corrected chi connectivity index (χ0v) is 12.0. The van der Waals surface area contributed by atoms with Crippen LogP contribution in [-0.4, -0.2) is 57.3 Å². The van der Waals surface area contributed by atoms with Crippen LogP contribution in [0, 0.1) is 0 Å². The van der Waals surface area contributed by atoms with Crippen LogP contribution in [0.1, 0.15) is 0 Å². The van der Waals surface area contributed by atoms with Crippen molar-refractivity contribution in [2.75, 3.05) is 51.3 Å². The molecule has 0 bridgehead atoms. The van der Waals surface area contributed by atoms with Crippen molar-refractivity contribution < 1.29 is 4.74 Å². The van der Waals surface area contributed by atoms with Gasteiger partial charge in [0, 0.05) is 39.0 Å². The van der Waals surface area contributed by atoms with Gasteiger partial charge in [-0.1, -0.05) is 18.2 Å². The fourth-order valence-corrected chi connectivity index (χ4v) is 2.30. The van der Waals surface area contributed by atoms with Crippen LogP contribution in [0.25, 0.3) is 0 Å². The van der Waals surface area contributed by atoms with Crippen molar-refractivity contribution in [3.05, 3.63) is 30.3 Å². The number of nitrogens with two attached hydrogens (primary N) is 1. The maximum Gasteiger partial charge on any atom is 0.208 e. The smallest absolute Gasteiger partial charge is 0.208 e. The number of hydrazine groups is 1. The summed E-state index contributed by atoms with van der Waals surface area (Å²) in [4.78, 5) is 8.97. The van der Waals surface area contributed by atoms with Crippen molar-refractivity contribution in [3.63, 3.8) is 0 Å². The minimum absolute atomic E-state index is 0.606. The second-order valence-corrected chi connectivity index (χ2v) is 4.65. The van der Waals surface area contributed by atoms with Crippen molar-refractivity contribution in [2.24, 2.45) is 10.8 Å². The minimum Gasteiger partial charge on any atom is -0.383 e. The highest BCUT2D eigenvalue weighted by Crippen LogP contribution is 2.15. The zero-order valence-electron chi connectivity index (χ0n) is 12.0. The molecule has 0 radical (unpaired) electrons. The van der Waals surface area contributed by atoms with Gasteiger partial charge in [-0.25, -0.2) is 10.8 Å². The summed E-state index contributed by atoms with van der Waals surface area (Å²) in [5.41, 5.74) is 3.96. The number of methoxy groups -OCH3 is 1. The summed E-state index contributed by atoms with van der Waals surface area (Å²) < 4.78 is 5.00.